The predicted molar refractivity (Wildman–Crippen MR) is 72.6 cm³/mol. The van der Waals surface area contributed by atoms with E-state index in [2.05, 4.69) is 17.3 Å². The smallest absolute Gasteiger partial charge is 0.147 e. The molecular weight excluding hydrogens is 232 g/mol. The maximum atomic E-state index is 8.56. The number of nitrogen functional groups attached to an aromatic ring is 1. The fourth-order valence-electron chi connectivity index (χ4n) is 1.77. The molecule has 0 amide bonds. The molecular formula is C12H24N4O2. The Balaban J connectivity index is 2.37. The van der Waals surface area contributed by atoms with Gasteiger partial charge in [0.1, 0.15) is 5.82 Å². The lowest BCUT2D eigenvalue weighted by molar-refractivity contribution is 0.0922. The second kappa shape index (κ2) is 7.94. The van der Waals surface area contributed by atoms with Crippen molar-refractivity contribution in [3.8, 4) is 0 Å². The Morgan fingerprint density at radius 1 is 1.44 bits per heavy atom. The van der Waals surface area contributed by atoms with Crippen LogP contribution >= 0.6 is 0 Å². The van der Waals surface area contributed by atoms with Crippen LogP contribution in [0.5, 0.6) is 0 Å². The number of nitrogens with zero attached hydrogens (tertiary/aromatic N) is 2. The second-order valence-electron chi connectivity index (χ2n) is 4.20. The Bertz CT molecular complexity index is 352. The van der Waals surface area contributed by atoms with E-state index < -0.39 is 0 Å². The highest BCUT2D eigenvalue weighted by Gasteiger charge is 2.11. The highest BCUT2D eigenvalue weighted by Crippen LogP contribution is 2.22. The highest BCUT2D eigenvalue weighted by molar-refractivity contribution is 5.64. The van der Waals surface area contributed by atoms with Crippen molar-refractivity contribution < 1.29 is 9.84 Å². The average molecular weight is 256 g/mol. The molecule has 0 radical (unpaired) electrons. The number of ether oxygens (including phenoxy) is 1. The first-order chi connectivity index (χ1) is 8.70. The molecule has 1 aromatic rings. The number of rotatable bonds is 9. The molecule has 104 valence electrons. The Hall–Kier alpha value is -1.27. The minimum Gasteiger partial charge on any atom is -0.394 e. The molecule has 0 atom stereocenters. The Kier molecular flexibility index (Phi) is 6.53. The third kappa shape index (κ3) is 4.19. The molecule has 0 spiro atoms. The number of anilines is 2. The first-order valence-corrected chi connectivity index (χ1v) is 6.44. The van der Waals surface area contributed by atoms with Crippen molar-refractivity contribution in [2.75, 3.05) is 37.4 Å². The van der Waals surface area contributed by atoms with Gasteiger partial charge in [-0.25, -0.2) is 0 Å². The van der Waals surface area contributed by atoms with Crippen LogP contribution in [0.15, 0.2) is 0 Å². The SMILES string of the molecule is CCCc1nn(C)c(NCCCOCCO)c1N. The standard InChI is InChI=1S/C12H24N4O2/c1-3-5-10-11(13)12(16(2)15-10)14-6-4-8-18-9-7-17/h14,17H,3-9,13H2,1-2H3. The van der Waals surface area contributed by atoms with E-state index in [0.29, 0.717) is 13.2 Å². The van der Waals surface area contributed by atoms with Gasteiger partial charge in [-0.1, -0.05) is 13.3 Å². The second-order valence-corrected chi connectivity index (χ2v) is 4.20. The molecule has 0 fully saturated rings. The van der Waals surface area contributed by atoms with E-state index in [1.54, 1.807) is 4.68 Å². The first kappa shape index (κ1) is 14.8. The van der Waals surface area contributed by atoms with Crippen LogP contribution in [0.4, 0.5) is 11.5 Å². The third-order valence-corrected chi connectivity index (χ3v) is 2.64. The quantitative estimate of drug-likeness (QED) is 0.568. The molecule has 0 saturated carbocycles. The zero-order chi connectivity index (χ0) is 13.4. The summed E-state index contributed by atoms with van der Waals surface area (Å²) < 4.78 is 6.97. The minimum atomic E-state index is 0.0719. The van der Waals surface area contributed by atoms with E-state index in [1.807, 2.05) is 7.05 Å². The summed E-state index contributed by atoms with van der Waals surface area (Å²) in [5.41, 5.74) is 7.75. The Morgan fingerprint density at radius 2 is 2.22 bits per heavy atom. The lowest BCUT2D eigenvalue weighted by atomic mass is 10.2. The number of hydrogen-bond donors (Lipinski definition) is 3. The van der Waals surface area contributed by atoms with Crippen LogP contribution in [-0.4, -0.2) is 41.3 Å². The zero-order valence-electron chi connectivity index (χ0n) is 11.3. The summed E-state index contributed by atoms with van der Waals surface area (Å²) in [5.74, 6) is 0.876. The van der Waals surface area contributed by atoms with Gasteiger partial charge in [-0.2, -0.15) is 5.10 Å². The molecule has 0 aliphatic rings. The fraction of sp³-hybridized carbons (Fsp3) is 0.750. The summed E-state index contributed by atoms with van der Waals surface area (Å²) in [6, 6.07) is 0. The van der Waals surface area contributed by atoms with Crippen LogP contribution < -0.4 is 11.1 Å². The van der Waals surface area contributed by atoms with Crippen LogP contribution in [0.3, 0.4) is 0 Å². The van der Waals surface area contributed by atoms with E-state index in [0.717, 1.165) is 43.0 Å². The largest absolute Gasteiger partial charge is 0.394 e. The van der Waals surface area contributed by atoms with Crippen molar-refractivity contribution in [1.82, 2.24) is 9.78 Å². The van der Waals surface area contributed by atoms with Crippen molar-refractivity contribution in [3.05, 3.63) is 5.69 Å². The number of nitrogens with one attached hydrogen (secondary N) is 1. The Morgan fingerprint density at radius 3 is 2.89 bits per heavy atom. The van der Waals surface area contributed by atoms with Gasteiger partial charge in [0.25, 0.3) is 0 Å². The first-order valence-electron chi connectivity index (χ1n) is 6.44. The van der Waals surface area contributed by atoms with Gasteiger partial charge in [0.15, 0.2) is 0 Å². The number of nitrogens with two attached hydrogens (primary N) is 1. The summed E-state index contributed by atoms with van der Waals surface area (Å²) in [4.78, 5) is 0. The van der Waals surface area contributed by atoms with Crippen molar-refractivity contribution in [3.63, 3.8) is 0 Å². The van der Waals surface area contributed by atoms with Crippen molar-refractivity contribution >= 4 is 11.5 Å². The van der Waals surface area contributed by atoms with Gasteiger partial charge in [-0.15, -0.1) is 0 Å². The topological polar surface area (TPSA) is 85.3 Å². The fourth-order valence-corrected chi connectivity index (χ4v) is 1.77. The normalized spacial score (nSPS) is 10.8. The van der Waals surface area contributed by atoms with Crippen LogP contribution in [0, 0.1) is 0 Å². The summed E-state index contributed by atoms with van der Waals surface area (Å²) in [6.45, 7) is 3.99. The molecule has 0 unspecified atom stereocenters. The van der Waals surface area contributed by atoms with Crippen molar-refractivity contribution in [2.24, 2.45) is 7.05 Å². The lowest BCUT2D eigenvalue weighted by Crippen LogP contribution is -2.11. The summed E-state index contributed by atoms with van der Waals surface area (Å²) in [5, 5.41) is 16.2. The molecule has 6 heteroatoms. The highest BCUT2D eigenvalue weighted by atomic mass is 16.5. The van der Waals surface area contributed by atoms with E-state index in [-0.39, 0.29) is 6.61 Å². The molecule has 0 aliphatic carbocycles. The molecule has 18 heavy (non-hydrogen) atoms. The number of hydrogen-bond acceptors (Lipinski definition) is 5. The molecule has 0 bridgehead atoms. The van der Waals surface area contributed by atoms with Gasteiger partial charge < -0.3 is 20.9 Å². The van der Waals surface area contributed by atoms with Gasteiger partial charge >= 0.3 is 0 Å². The molecule has 0 aliphatic heterocycles. The Labute approximate surface area is 108 Å². The van der Waals surface area contributed by atoms with Crippen LogP contribution in [-0.2, 0) is 18.2 Å². The van der Waals surface area contributed by atoms with Crippen molar-refractivity contribution in [1.29, 1.82) is 0 Å². The van der Waals surface area contributed by atoms with Crippen LogP contribution in [0.2, 0.25) is 0 Å². The monoisotopic (exact) mass is 256 g/mol. The summed E-state index contributed by atoms with van der Waals surface area (Å²) in [6.07, 6.45) is 2.81. The lowest BCUT2D eigenvalue weighted by Gasteiger charge is -2.07. The van der Waals surface area contributed by atoms with Crippen molar-refractivity contribution in [2.45, 2.75) is 26.2 Å². The van der Waals surface area contributed by atoms with Crippen LogP contribution in [0.1, 0.15) is 25.5 Å². The number of aryl methyl sites for hydroxylation is 2. The predicted octanol–water partition coefficient (Wildman–Crippen LogP) is 0.766. The van der Waals surface area contributed by atoms with E-state index in [4.69, 9.17) is 15.6 Å². The molecule has 1 rings (SSSR count). The maximum Gasteiger partial charge on any atom is 0.147 e. The van der Waals surface area contributed by atoms with Gasteiger partial charge in [0.2, 0.25) is 0 Å². The maximum absolute atomic E-state index is 8.56. The third-order valence-electron chi connectivity index (χ3n) is 2.64. The summed E-state index contributed by atoms with van der Waals surface area (Å²) >= 11 is 0. The zero-order valence-corrected chi connectivity index (χ0v) is 11.3. The van der Waals surface area contributed by atoms with E-state index in [1.165, 1.54) is 0 Å². The van der Waals surface area contributed by atoms with Gasteiger partial charge in [-0.05, 0) is 12.8 Å². The number of aliphatic hydroxyl groups excluding tert-OH is 1. The average Bonchev–Trinajstić information content (AvgIpc) is 2.61. The summed E-state index contributed by atoms with van der Waals surface area (Å²) in [7, 11) is 1.89. The van der Waals surface area contributed by atoms with Gasteiger partial charge in [0.05, 0.1) is 24.6 Å². The molecule has 1 aromatic heterocycles. The molecule has 1 heterocycles. The molecule has 0 saturated heterocycles. The van der Waals surface area contributed by atoms with Gasteiger partial charge in [0, 0.05) is 20.2 Å². The van der Waals surface area contributed by atoms with Crippen LogP contribution in [0.25, 0.3) is 0 Å². The molecule has 6 nitrogen and oxygen atoms in total. The van der Waals surface area contributed by atoms with E-state index >= 15 is 0 Å². The number of aliphatic hydroxyl groups is 1. The van der Waals surface area contributed by atoms with E-state index in [9.17, 15) is 0 Å². The molecule has 0 aromatic carbocycles. The van der Waals surface area contributed by atoms with Gasteiger partial charge in [-0.3, -0.25) is 4.68 Å². The molecule has 4 N–H and O–H groups in total. The minimum absolute atomic E-state index is 0.0719. The number of aromatic nitrogens is 2.